The van der Waals surface area contributed by atoms with Gasteiger partial charge < -0.3 is 9.55 Å². The molecule has 0 saturated carbocycles. The molecule has 5 rings (SSSR count). The van der Waals surface area contributed by atoms with Crippen molar-refractivity contribution in [2.75, 3.05) is 0 Å². The normalized spacial score (nSPS) is 19.7. The van der Waals surface area contributed by atoms with Crippen molar-refractivity contribution in [1.29, 1.82) is 0 Å². The number of thioether (sulfide) groups is 1. The van der Waals surface area contributed by atoms with E-state index in [4.69, 9.17) is 4.98 Å². The zero-order valence-corrected chi connectivity index (χ0v) is 17.1. The highest BCUT2D eigenvalue weighted by Crippen LogP contribution is 2.36. The van der Waals surface area contributed by atoms with Crippen LogP contribution < -0.4 is 5.56 Å². The van der Waals surface area contributed by atoms with Crippen LogP contribution >= 0.6 is 23.1 Å². The van der Waals surface area contributed by atoms with Crippen molar-refractivity contribution in [2.24, 2.45) is 5.92 Å². The van der Waals surface area contributed by atoms with Crippen LogP contribution in [0.25, 0.3) is 10.2 Å². The third-order valence-electron chi connectivity index (χ3n) is 5.63. The molecule has 0 fully saturated rings. The molecule has 0 radical (unpaired) electrons. The predicted octanol–water partition coefficient (Wildman–Crippen LogP) is 3.72. The van der Waals surface area contributed by atoms with Crippen LogP contribution in [0.2, 0.25) is 0 Å². The first-order valence-corrected chi connectivity index (χ1v) is 11.6. The highest BCUT2D eigenvalue weighted by atomic mass is 32.2. The minimum atomic E-state index is 0.0164. The number of nitrogens with zero attached hydrogens (tertiary/aromatic N) is 4. The van der Waals surface area contributed by atoms with Gasteiger partial charge in [0.25, 0.3) is 5.56 Å². The maximum atomic E-state index is 12.7. The first kappa shape index (κ1) is 17.4. The van der Waals surface area contributed by atoms with Gasteiger partial charge in [0.05, 0.1) is 11.1 Å². The Hall–Kier alpha value is -1.67. The van der Waals surface area contributed by atoms with E-state index in [9.17, 15) is 4.79 Å². The lowest BCUT2D eigenvalue weighted by atomic mass is 9.89. The molecule has 1 atom stereocenters. The minimum Gasteiger partial charge on any atom is -0.309 e. The second kappa shape index (κ2) is 7.05. The van der Waals surface area contributed by atoms with E-state index in [-0.39, 0.29) is 5.56 Å². The van der Waals surface area contributed by atoms with Crippen molar-refractivity contribution in [2.45, 2.75) is 69.3 Å². The lowest BCUT2D eigenvalue weighted by Gasteiger charge is -2.17. The Morgan fingerprint density at radius 3 is 3.11 bits per heavy atom. The van der Waals surface area contributed by atoms with Crippen LogP contribution in [0.15, 0.2) is 9.95 Å². The van der Waals surface area contributed by atoms with Gasteiger partial charge in [0.2, 0.25) is 0 Å². The molecule has 27 heavy (non-hydrogen) atoms. The zero-order valence-electron chi connectivity index (χ0n) is 15.5. The van der Waals surface area contributed by atoms with E-state index in [1.807, 2.05) is 0 Å². The summed E-state index contributed by atoms with van der Waals surface area (Å²) >= 11 is 3.33. The number of fused-ring (bicyclic) bond motifs is 4. The number of H-pyrrole nitrogens is 1. The predicted molar refractivity (Wildman–Crippen MR) is 109 cm³/mol. The molecule has 0 amide bonds. The first-order valence-electron chi connectivity index (χ1n) is 9.77. The van der Waals surface area contributed by atoms with Crippen LogP contribution in [0.1, 0.15) is 54.7 Å². The van der Waals surface area contributed by atoms with Crippen LogP contribution in [0.3, 0.4) is 0 Å². The monoisotopic (exact) mass is 401 g/mol. The van der Waals surface area contributed by atoms with Crippen LogP contribution in [0.5, 0.6) is 0 Å². The number of thiophene rings is 1. The molecule has 0 spiro atoms. The number of rotatable bonds is 3. The van der Waals surface area contributed by atoms with E-state index in [2.05, 4.69) is 26.7 Å². The Morgan fingerprint density at radius 1 is 1.26 bits per heavy atom. The van der Waals surface area contributed by atoms with E-state index in [0.29, 0.717) is 11.7 Å². The van der Waals surface area contributed by atoms with Gasteiger partial charge in [-0.2, -0.15) is 0 Å². The second-order valence-corrected chi connectivity index (χ2v) is 9.72. The Kier molecular flexibility index (Phi) is 4.55. The van der Waals surface area contributed by atoms with Crippen molar-refractivity contribution >= 4 is 33.3 Å². The number of hydrogen-bond donors (Lipinski definition) is 1. The summed E-state index contributed by atoms with van der Waals surface area (Å²) in [5.74, 6) is 3.13. The van der Waals surface area contributed by atoms with Gasteiger partial charge in [-0.15, -0.1) is 21.5 Å². The fourth-order valence-corrected chi connectivity index (χ4v) is 6.42. The van der Waals surface area contributed by atoms with Crippen LogP contribution in [-0.4, -0.2) is 24.7 Å². The van der Waals surface area contributed by atoms with E-state index in [0.717, 1.165) is 59.2 Å². The lowest BCUT2D eigenvalue weighted by molar-refractivity contribution is 0.509. The van der Waals surface area contributed by atoms with Gasteiger partial charge in [-0.3, -0.25) is 4.79 Å². The summed E-state index contributed by atoms with van der Waals surface area (Å²) < 4.78 is 2.24. The molecule has 3 aromatic rings. The third kappa shape index (κ3) is 3.23. The average molecular weight is 402 g/mol. The van der Waals surface area contributed by atoms with E-state index >= 15 is 0 Å². The summed E-state index contributed by atoms with van der Waals surface area (Å²) in [6.07, 6.45) is 7.87. The van der Waals surface area contributed by atoms with E-state index in [1.165, 1.54) is 29.7 Å². The van der Waals surface area contributed by atoms with Gasteiger partial charge in [-0.05, 0) is 43.6 Å². The SMILES string of the molecule is C[C@@H]1CCc2c(sc3nc(CSc4nnc5n4CCCCC5)[nH]c(=O)c23)C1. The van der Waals surface area contributed by atoms with Crippen LogP contribution in [-0.2, 0) is 31.6 Å². The molecule has 1 N–H and O–H groups in total. The molecule has 4 heterocycles. The molecule has 3 aromatic heterocycles. The quantitative estimate of drug-likeness (QED) is 0.677. The molecular weight excluding hydrogens is 378 g/mol. The molecule has 0 bridgehead atoms. The Labute approximate surface area is 165 Å². The van der Waals surface area contributed by atoms with E-state index in [1.54, 1.807) is 23.1 Å². The van der Waals surface area contributed by atoms with Gasteiger partial charge in [0.15, 0.2) is 5.16 Å². The van der Waals surface area contributed by atoms with Gasteiger partial charge in [0.1, 0.15) is 16.5 Å². The number of aromatic nitrogens is 5. The van der Waals surface area contributed by atoms with Crippen molar-refractivity contribution in [3.63, 3.8) is 0 Å². The molecule has 2 aliphatic rings. The van der Waals surface area contributed by atoms with E-state index < -0.39 is 0 Å². The molecule has 0 saturated heterocycles. The van der Waals surface area contributed by atoms with Gasteiger partial charge in [-0.1, -0.05) is 25.1 Å². The van der Waals surface area contributed by atoms with Crippen molar-refractivity contribution < 1.29 is 0 Å². The molecule has 0 unspecified atom stereocenters. The molecule has 8 heteroatoms. The number of aromatic amines is 1. The molecule has 1 aliphatic carbocycles. The third-order valence-corrected chi connectivity index (χ3v) is 7.75. The summed E-state index contributed by atoms with van der Waals surface area (Å²) in [7, 11) is 0. The highest BCUT2D eigenvalue weighted by Gasteiger charge is 2.23. The second-order valence-electron chi connectivity index (χ2n) is 7.69. The number of aryl methyl sites for hydroxylation is 2. The fraction of sp³-hybridized carbons (Fsp3) is 0.579. The van der Waals surface area contributed by atoms with Crippen molar-refractivity contribution in [3.05, 3.63) is 32.4 Å². The standard InChI is InChI=1S/C19H23N5OS2/c1-11-6-7-12-13(9-11)27-18-16(12)17(25)20-14(21-18)10-26-19-23-22-15-5-3-2-4-8-24(15)19/h11H,2-10H2,1H3,(H,20,21,25)/t11-/m1/s1. The Balaban J connectivity index is 1.42. The molecule has 142 valence electrons. The van der Waals surface area contributed by atoms with Crippen molar-refractivity contribution in [3.8, 4) is 0 Å². The zero-order chi connectivity index (χ0) is 18.4. The van der Waals surface area contributed by atoms with Gasteiger partial charge in [0, 0.05) is 17.8 Å². The Morgan fingerprint density at radius 2 is 2.19 bits per heavy atom. The summed E-state index contributed by atoms with van der Waals surface area (Å²) in [6, 6.07) is 0. The molecular formula is C19H23N5OS2. The Bertz CT molecular complexity index is 1050. The summed E-state index contributed by atoms with van der Waals surface area (Å²) in [6.45, 7) is 3.28. The summed E-state index contributed by atoms with van der Waals surface area (Å²) in [5.41, 5.74) is 1.26. The van der Waals surface area contributed by atoms with Crippen LogP contribution in [0, 0.1) is 5.92 Å². The molecule has 0 aromatic carbocycles. The maximum Gasteiger partial charge on any atom is 0.259 e. The summed E-state index contributed by atoms with van der Waals surface area (Å²) in [5, 5.41) is 10.5. The number of hydrogen-bond acceptors (Lipinski definition) is 6. The smallest absolute Gasteiger partial charge is 0.259 e. The highest BCUT2D eigenvalue weighted by molar-refractivity contribution is 7.98. The first-order chi connectivity index (χ1) is 13.2. The summed E-state index contributed by atoms with van der Waals surface area (Å²) in [4.78, 5) is 22.8. The maximum absolute atomic E-state index is 12.7. The van der Waals surface area contributed by atoms with Gasteiger partial charge >= 0.3 is 0 Å². The molecule has 6 nitrogen and oxygen atoms in total. The minimum absolute atomic E-state index is 0.0164. The van der Waals surface area contributed by atoms with Crippen molar-refractivity contribution in [1.82, 2.24) is 24.7 Å². The average Bonchev–Trinajstić information content (AvgIpc) is 3.11. The van der Waals surface area contributed by atoms with Crippen LogP contribution in [0.4, 0.5) is 0 Å². The topological polar surface area (TPSA) is 76.5 Å². The number of nitrogens with one attached hydrogen (secondary N) is 1. The van der Waals surface area contributed by atoms with Gasteiger partial charge in [-0.25, -0.2) is 4.98 Å². The fourth-order valence-electron chi connectivity index (χ4n) is 4.16. The largest absolute Gasteiger partial charge is 0.309 e. The lowest BCUT2D eigenvalue weighted by Crippen LogP contribution is -2.14. The molecule has 1 aliphatic heterocycles.